The highest BCUT2D eigenvalue weighted by Crippen LogP contribution is 2.28. The first-order valence-electron chi connectivity index (χ1n) is 4.80. The second kappa shape index (κ2) is 3.38. The van der Waals surface area contributed by atoms with E-state index in [-0.39, 0.29) is 6.23 Å². The summed E-state index contributed by atoms with van der Waals surface area (Å²) < 4.78 is 0. The lowest BCUT2D eigenvalue weighted by atomic mass is 10.2. The van der Waals surface area contributed by atoms with Gasteiger partial charge in [0.2, 0.25) is 0 Å². The predicted octanol–water partition coefficient (Wildman–Crippen LogP) is 1.99. The van der Waals surface area contributed by atoms with Crippen molar-refractivity contribution in [2.24, 2.45) is 0 Å². The molecule has 13 heavy (non-hydrogen) atoms. The van der Waals surface area contributed by atoms with Crippen LogP contribution in [0.5, 0.6) is 0 Å². The number of para-hydroxylation sites is 1. The van der Waals surface area contributed by atoms with Crippen LogP contribution in [0.4, 0.5) is 5.69 Å². The maximum Gasteiger partial charge on any atom is 0.127 e. The first-order valence-corrected chi connectivity index (χ1v) is 4.80. The molecule has 70 valence electrons. The minimum Gasteiger partial charge on any atom is -0.374 e. The van der Waals surface area contributed by atoms with E-state index >= 15 is 0 Å². The SMILES string of the molecule is CC1CCC(O)N1c1ccccc1. The van der Waals surface area contributed by atoms with Gasteiger partial charge < -0.3 is 10.0 Å². The Morgan fingerprint density at radius 1 is 1.23 bits per heavy atom. The van der Waals surface area contributed by atoms with Gasteiger partial charge in [-0.05, 0) is 31.9 Å². The molecule has 0 bridgehead atoms. The molecule has 2 rings (SSSR count). The fourth-order valence-corrected chi connectivity index (χ4v) is 1.99. The Morgan fingerprint density at radius 2 is 1.92 bits per heavy atom. The van der Waals surface area contributed by atoms with Crippen molar-refractivity contribution in [2.45, 2.75) is 32.0 Å². The van der Waals surface area contributed by atoms with Gasteiger partial charge in [0.25, 0.3) is 0 Å². The summed E-state index contributed by atoms with van der Waals surface area (Å²) in [5.74, 6) is 0. The van der Waals surface area contributed by atoms with Crippen molar-refractivity contribution in [1.29, 1.82) is 0 Å². The Morgan fingerprint density at radius 3 is 2.46 bits per heavy atom. The van der Waals surface area contributed by atoms with Crippen LogP contribution in [0.25, 0.3) is 0 Å². The number of nitrogens with zero attached hydrogens (tertiary/aromatic N) is 1. The summed E-state index contributed by atoms with van der Waals surface area (Å²) in [5, 5.41) is 9.74. The summed E-state index contributed by atoms with van der Waals surface area (Å²) >= 11 is 0. The van der Waals surface area contributed by atoms with E-state index in [1.54, 1.807) is 0 Å². The smallest absolute Gasteiger partial charge is 0.127 e. The van der Waals surface area contributed by atoms with E-state index in [0.717, 1.165) is 18.5 Å². The Bertz CT molecular complexity index is 263. The van der Waals surface area contributed by atoms with Gasteiger partial charge in [0.05, 0.1) is 0 Å². The maximum absolute atomic E-state index is 9.74. The van der Waals surface area contributed by atoms with E-state index in [2.05, 4.69) is 11.8 Å². The molecule has 0 saturated carbocycles. The third-order valence-electron chi connectivity index (χ3n) is 2.69. The second-order valence-electron chi connectivity index (χ2n) is 3.65. The molecular formula is C11H15NO. The van der Waals surface area contributed by atoms with Crippen LogP contribution >= 0.6 is 0 Å². The van der Waals surface area contributed by atoms with Crippen LogP contribution in [0.1, 0.15) is 19.8 Å². The van der Waals surface area contributed by atoms with Crippen LogP contribution in [0.15, 0.2) is 30.3 Å². The standard InChI is InChI=1S/C11H15NO/c1-9-7-8-11(13)12(9)10-5-3-2-4-6-10/h2-6,9,11,13H,7-8H2,1H3. The van der Waals surface area contributed by atoms with Crippen LogP contribution in [0.3, 0.4) is 0 Å². The van der Waals surface area contributed by atoms with E-state index in [4.69, 9.17) is 0 Å². The third kappa shape index (κ3) is 1.54. The van der Waals surface area contributed by atoms with Gasteiger partial charge in [-0.1, -0.05) is 18.2 Å². The Balaban J connectivity index is 2.25. The average molecular weight is 177 g/mol. The zero-order valence-corrected chi connectivity index (χ0v) is 7.85. The molecule has 0 aromatic heterocycles. The highest BCUT2D eigenvalue weighted by molar-refractivity contribution is 5.48. The summed E-state index contributed by atoms with van der Waals surface area (Å²) in [5.41, 5.74) is 1.13. The molecule has 2 unspecified atom stereocenters. The molecule has 2 heteroatoms. The lowest BCUT2D eigenvalue weighted by molar-refractivity contribution is 0.183. The fourth-order valence-electron chi connectivity index (χ4n) is 1.99. The monoisotopic (exact) mass is 177 g/mol. The Hall–Kier alpha value is -1.02. The third-order valence-corrected chi connectivity index (χ3v) is 2.69. The van der Waals surface area contributed by atoms with Crippen molar-refractivity contribution >= 4 is 5.69 Å². The van der Waals surface area contributed by atoms with Crippen molar-refractivity contribution in [3.63, 3.8) is 0 Å². The number of aliphatic hydroxyl groups is 1. The van der Waals surface area contributed by atoms with Gasteiger partial charge in [-0.15, -0.1) is 0 Å². The lowest BCUT2D eigenvalue weighted by Gasteiger charge is -2.27. The molecule has 1 aromatic carbocycles. The van der Waals surface area contributed by atoms with E-state index in [9.17, 15) is 5.11 Å². The van der Waals surface area contributed by atoms with Crippen LogP contribution in [0, 0.1) is 0 Å². The predicted molar refractivity (Wildman–Crippen MR) is 53.6 cm³/mol. The molecule has 0 spiro atoms. The summed E-state index contributed by atoms with van der Waals surface area (Å²) in [4.78, 5) is 2.08. The maximum atomic E-state index is 9.74. The lowest BCUT2D eigenvalue weighted by Crippen LogP contribution is -2.34. The van der Waals surface area contributed by atoms with Crippen LogP contribution in [0.2, 0.25) is 0 Å². The quantitative estimate of drug-likeness (QED) is 0.709. The molecule has 1 heterocycles. The normalized spacial score (nSPS) is 28.0. The molecule has 0 radical (unpaired) electrons. The van der Waals surface area contributed by atoms with Crippen LogP contribution in [-0.2, 0) is 0 Å². The Kier molecular flexibility index (Phi) is 2.23. The largest absolute Gasteiger partial charge is 0.374 e. The number of rotatable bonds is 1. The summed E-state index contributed by atoms with van der Waals surface area (Å²) in [7, 11) is 0. The second-order valence-corrected chi connectivity index (χ2v) is 3.65. The van der Waals surface area contributed by atoms with Crippen molar-refractivity contribution in [1.82, 2.24) is 0 Å². The van der Waals surface area contributed by atoms with E-state index in [1.165, 1.54) is 0 Å². The number of anilines is 1. The molecule has 0 amide bonds. The summed E-state index contributed by atoms with van der Waals surface area (Å²) in [6.45, 7) is 2.16. The van der Waals surface area contributed by atoms with Gasteiger partial charge >= 0.3 is 0 Å². The molecular weight excluding hydrogens is 162 g/mol. The highest BCUT2D eigenvalue weighted by atomic mass is 16.3. The van der Waals surface area contributed by atoms with Crippen molar-refractivity contribution in [2.75, 3.05) is 4.90 Å². The molecule has 2 atom stereocenters. The van der Waals surface area contributed by atoms with Gasteiger partial charge in [0.1, 0.15) is 6.23 Å². The first-order chi connectivity index (χ1) is 6.29. The minimum absolute atomic E-state index is 0.294. The molecule has 0 aliphatic carbocycles. The van der Waals surface area contributed by atoms with Gasteiger partial charge in [0.15, 0.2) is 0 Å². The average Bonchev–Trinajstić information content (AvgIpc) is 2.48. The zero-order chi connectivity index (χ0) is 9.26. The number of aliphatic hydroxyl groups excluding tert-OH is 1. The molecule has 1 aliphatic rings. The van der Waals surface area contributed by atoms with E-state index < -0.39 is 0 Å². The van der Waals surface area contributed by atoms with Crippen molar-refractivity contribution in [3.05, 3.63) is 30.3 Å². The van der Waals surface area contributed by atoms with Crippen LogP contribution < -0.4 is 4.90 Å². The fraction of sp³-hybridized carbons (Fsp3) is 0.455. The molecule has 1 N–H and O–H groups in total. The summed E-state index contributed by atoms with van der Waals surface area (Å²) in [6.07, 6.45) is 1.67. The topological polar surface area (TPSA) is 23.5 Å². The van der Waals surface area contributed by atoms with Gasteiger partial charge in [-0.25, -0.2) is 0 Å². The minimum atomic E-state index is -0.294. The van der Waals surface area contributed by atoms with Gasteiger partial charge in [0, 0.05) is 11.7 Å². The van der Waals surface area contributed by atoms with Crippen molar-refractivity contribution < 1.29 is 5.11 Å². The number of hydrogen-bond donors (Lipinski definition) is 1. The van der Waals surface area contributed by atoms with Crippen LogP contribution in [-0.4, -0.2) is 17.4 Å². The van der Waals surface area contributed by atoms with Gasteiger partial charge in [-0.2, -0.15) is 0 Å². The summed E-state index contributed by atoms with van der Waals surface area (Å²) in [6, 6.07) is 10.6. The van der Waals surface area contributed by atoms with Gasteiger partial charge in [-0.3, -0.25) is 0 Å². The van der Waals surface area contributed by atoms with E-state index in [0.29, 0.717) is 6.04 Å². The number of benzene rings is 1. The molecule has 1 saturated heterocycles. The Labute approximate surface area is 78.8 Å². The molecule has 2 nitrogen and oxygen atoms in total. The highest BCUT2D eigenvalue weighted by Gasteiger charge is 2.28. The molecule has 1 fully saturated rings. The number of hydrogen-bond acceptors (Lipinski definition) is 2. The molecule has 1 aromatic rings. The zero-order valence-electron chi connectivity index (χ0n) is 7.85. The first kappa shape index (κ1) is 8.57. The van der Waals surface area contributed by atoms with Crippen molar-refractivity contribution in [3.8, 4) is 0 Å². The van der Waals surface area contributed by atoms with E-state index in [1.807, 2.05) is 30.3 Å². The molecule has 1 aliphatic heterocycles.